The number of hydrogen-bond acceptors (Lipinski definition) is 3. The van der Waals surface area contributed by atoms with E-state index < -0.39 is 30.2 Å². The highest BCUT2D eigenvalue weighted by molar-refractivity contribution is 6.31. The van der Waals surface area contributed by atoms with Gasteiger partial charge in [0.1, 0.15) is 17.3 Å². The lowest BCUT2D eigenvalue weighted by molar-refractivity contribution is -0.137. The number of hydrogen-bond donors (Lipinski definition) is 2. The van der Waals surface area contributed by atoms with Gasteiger partial charge in [0.2, 0.25) is 5.91 Å². The van der Waals surface area contributed by atoms with Crippen LogP contribution in [0.3, 0.4) is 0 Å². The maximum atomic E-state index is 15.7. The van der Waals surface area contributed by atoms with E-state index in [1.807, 2.05) is 31.2 Å². The number of halogens is 2. The molecule has 5 rings (SSSR count). The summed E-state index contributed by atoms with van der Waals surface area (Å²) in [5.41, 5.74) is 3.70. The van der Waals surface area contributed by atoms with Crippen LogP contribution in [-0.2, 0) is 16.0 Å². The molecule has 5 nitrogen and oxygen atoms in total. The minimum Gasteiger partial charge on any atom is -0.481 e. The summed E-state index contributed by atoms with van der Waals surface area (Å²) in [5.74, 6) is -0.852. The van der Waals surface area contributed by atoms with Gasteiger partial charge in [0.05, 0.1) is 18.9 Å². The first-order valence-electron chi connectivity index (χ1n) is 11.2. The zero-order valence-electron chi connectivity index (χ0n) is 18.5. The molecule has 7 heteroatoms. The van der Waals surface area contributed by atoms with Crippen molar-refractivity contribution in [2.75, 3.05) is 0 Å². The van der Waals surface area contributed by atoms with Crippen molar-refractivity contribution in [1.29, 1.82) is 0 Å². The summed E-state index contributed by atoms with van der Waals surface area (Å²) in [4.78, 5) is 24.6. The number of nitrogens with one attached hydrogen (secondary N) is 1. The predicted molar refractivity (Wildman–Crippen MR) is 127 cm³/mol. The molecular formula is C27H23ClFNO4. The second kappa shape index (κ2) is 8.76. The molecule has 2 aliphatic rings. The molecule has 3 aromatic rings. The van der Waals surface area contributed by atoms with Gasteiger partial charge in [-0.2, -0.15) is 0 Å². The van der Waals surface area contributed by atoms with Gasteiger partial charge in [0, 0.05) is 16.1 Å². The van der Waals surface area contributed by atoms with Crippen molar-refractivity contribution >= 4 is 23.5 Å². The zero-order valence-corrected chi connectivity index (χ0v) is 19.3. The normalized spacial score (nSPS) is 17.4. The van der Waals surface area contributed by atoms with Gasteiger partial charge in [0.15, 0.2) is 0 Å². The van der Waals surface area contributed by atoms with Crippen molar-refractivity contribution in [1.82, 2.24) is 5.32 Å². The SMILES string of the molecule is Cc1cccc2c1-c1cc(C3CC3)c(F)c(c1)C(CC(=O)O)NC(=O)Cc1cc(ccc1Cl)O2. The van der Waals surface area contributed by atoms with Gasteiger partial charge in [-0.1, -0.05) is 23.7 Å². The van der Waals surface area contributed by atoms with Crippen LogP contribution >= 0.6 is 11.6 Å². The number of ether oxygens (including phenoxy) is 1. The molecule has 3 aromatic carbocycles. The molecular weight excluding hydrogens is 457 g/mol. The predicted octanol–water partition coefficient (Wildman–Crippen LogP) is 6.31. The molecule has 1 aliphatic carbocycles. The molecule has 2 N–H and O–H groups in total. The molecule has 1 heterocycles. The highest BCUT2D eigenvalue weighted by atomic mass is 35.5. The van der Waals surface area contributed by atoms with Crippen LogP contribution in [0.2, 0.25) is 5.02 Å². The van der Waals surface area contributed by atoms with Crippen molar-refractivity contribution in [2.45, 2.75) is 44.6 Å². The highest BCUT2D eigenvalue weighted by Gasteiger charge is 2.32. The van der Waals surface area contributed by atoms with Crippen molar-refractivity contribution in [3.8, 4) is 22.6 Å². The molecule has 0 aromatic heterocycles. The van der Waals surface area contributed by atoms with Crippen molar-refractivity contribution < 1.29 is 23.8 Å². The number of amides is 1. The third-order valence-corrected chi connectivity index (χ3v) is 6.72. The fourth-order valence-electron chi connectivity index (χ4n) is 4.56. The van der Waals surface area contributed by atoms with Gasteiger partial charge in [-0.3, -0.25) is 9.59 Å². The molecule has 1 amide bonds. The van der Waals surface area contributed by atoms with Crippen molar-refractivity contribution in [3.05, 3.63) is 81.6 Å². The summed E-state index contributed by atoms with van der Waals surface area (Å²) < 4.78 is 22.0. The standard InChI is InChI=1S/C27H23ClFNO4/c1-14-3-2-4-23-26(14)17-10-19(15-5-6-15)27(29)20(11-17)22(13-25(32)33)30-24(31)12-16-9-18(34-23)7-8-21(16)28/h2-4,7-11,15,22H,5-6,12-13H2,1H3,(H,30,31)(H,32,33). The number of aliphatic carboxylic acids is 1. The number of carboxylic acids is 1. The van der Waals surface area contributed by atoms with Gasteiger partial charge in [-0.05, 0) is 84.3 Å². The quantitative estimate of drug-likeness (QED) is 0.461. The Morgan fingerprint density at radius 2 is 1.94 bits per heavy atom. The van der Waals surface area contributed by atoms with Crippen LogP contribution in [0.15, 0.2) is 48.5 Å². The fourth-order valence-corrected chi connectivity index (χ4v) is 4.75. The van der Waals surface area contributed by atoms with E-state index in [0.717, 1.165) is 29.5 Å². The van der Waals surface area contributed by atoms with Crippen LogP contribution in [0.25, 0.3) is 11.1 Å². The van der Waals surface area contributed by atoms with Crippen LogP contribution in [0.5, 0.6) is 11.5 Å². The van der Waals surface area contributed by atoms with E-state index in [2.05, 4.69) is 5.32 Å². The number of carbonyl (C=O) groups is 2. The van der Waals surface area contributed by atoms with E-state index in [1.165, 1.54) is 0 Å². The van der Waals surface area contributed by atoms with Crippen molar-refractivity contribution in [2.24, 2.45) is 0 Å². The summed E-state index contributed by atoms with van der Waals surface area (Å²) in [6.45, 7) is 1.95. The monoisotopic (exact) mass is 479 g/mol. The topological polar surface area (TPSA) is 75.6 Å². The fraction of sp³-hybridized carbons (Fsp3) is 0.259. The molecule has 174 valence electrons. The molecule has 0 radical (unpaired) electrons. The second-order valence-corrected chi connectivity index (χ2v) is 9.35. The van der Waals surface area contributed by atoms with E-state index in [4.69, 9.17) is 16.3 Å². The Kier molecular flexibility index (Phi) is 5.78. The molecule has 4 bridgehead atoms. The van der Waals surface area contributed by atoms with E-state index in [0.29, 0.717) is 27.6 Å². The number of carbonyl (C=O) groups excluding carboxylic acids is 1. The molecule has 1 saturated carbocycles. The summed E-state index contributed by atoms with van der Waals surface area (Å²) in [6.07, 6.45) is 1.21. The Balaban J connectivity index is 1.77. The first-order chi connectivity index (χ1) is 16.3. The zero-order chi connectivity index (χ0) is 24.0. The minimum atomic E-state index is -1.13. The van der Waals surface area contributed by atoms with Crippen LogP contribution < -0.4 is 10.1 Å². The lowest BCUT2D eigenvalue weighted by atomic mass is 9.90. The summed E-state index contributed by atoms with van der Waals surface area (Å²) >= 11 is 6.32. The minimum absolute atomic E-state index is 0.0813. The number of carboxylic acid groups (broad SMARTS) is 1. The van der Waals surface area contributed by atoms with Gasteiger partial charge in [-0.15, -0.1) is 0 Å². The Bertz CT molecular complexity index is 1320. The smallest absolute Gasteiger partial charge is 0.305 e. The van der Waals surface area contributed by atoms with E-state index in [-0.39, 0.29) is 17.9 Å². The van der Waals surface area contributed by atoms with Crippen LogP contribution in [-0.4, -0.2) is 17.0 Å². The van der Waals surface area contributed by atoms with Crippen LogP contribution in [0.1, 0.15) is 53.5 Å². The third-order valence-electron chi connectivity index (χ3n) is 6.35. The van der Waals surface area contributed by atoms with Gasteiger partial charge in [-0.25, -0.2) is 4.39 Å². The Labute approximate surface area is 201 Å². The first-order valence-corrected chi connectivity index (χ1v) is 11.6. The second-order valence-electron chi connectivity index (χ2n) is 8.94. The van der Waals surface area contributed by atoms with E-state index in [1.54, 1.807) is 24.3 Å². The molecule has 0 spiro atoms. The molecule has 34 heavy (non-hydrogen) atoms. The summed E-state index contributed by atoms with van der Waals surface area (Å²) in [7, 11) is 0. The third kappa shape index (κ3) is 4.38. The lowest BCUT2D eigenvalue weighted by Crippen LogP contribution is -2.32. The largest absolute Gasteiger partial charge is 0.481 e. The number of aryl methyl sites for hydroxylation is 1. The Morgan fingerprint density at radius 3 is 2.68 bits per heavy atom. The average molecular weight is 480 g/mol. The first kappa shape index (κ1) is 22.4. The number of rotatable bonds is 3. The van der Waals surface area contributed by atoms with Crippen molar-refractivity contribution in [3.63, 3.8) is 0 Å². The molecule has 0 saturated heterocycles. The number of benzene rings is 3. The maximum absolute atomic E-state index is 15.7. The van der Waals surface area contributed by atoms with Crippen LogP contribution in [0, 0.1) is 12.7 Å². The maximum Gasteiger partial charge on any atom is 0.305 e. The summed E-state index contributed by atoms with van der Waals surface area (Å²) in [6, 6.07) is 13.2. The van der Waals surface area contributed by atoms with Gasteiger partial charge < -0.3 is 15.2 Å². The van der Waals surface area contributed by atoms with Gasteiger partial charge >= 0.3 is 5.97 Å². The molecule has 1 fully saturated rings. The lowest BCUT2D eigenvalue weighted by Gasteiger charge is -2.22. The van der Waals surface area contributed by atoms with E-state index in [9.17, 15) is 14.7 Å². The molecule has 1 aliphatic heterocycles. The van der Waals surface area contributed by atoms with E-state index >= 15 is 4.39 Å². The Hall–Kier alpha value is -3.38. The van der Waals surface area contributed by atoms with Crippen LogP contribution in [0.4, 0.5) is 4.39 Å². The molecule has 1 atom stereocenters. The molecule has 1 unspecified atom stereocenters. The number of fused-ring (bicyclic) bond motifs is 6. The highest BCUT2D eigenvalue weighted by Crippen LogP contribution is 2.46. The Morgan fingerprint density at radius 1 is 1.18 bits per heavy atom. The summed E-state index contributed by atoms with van der Waals surface area (Å²) in [5, 5.41) is 12.7. The van der Waals surface area contributed by atoms with Gasteiger partial charge in [0.25, 0.3) is 0 Å². The average Bonchev–Trinajstić information content (AvgIpc) is 3.61.